The molecule has 0 radical (unpaired) electrons. The van der Waals surface area contributed by atoms with Gasteiger partial charge in [0, 0.05) is 0 Å². The van der Waals surface area contributed by atoms with Crippen LogP contribution in [0.15, 0.2) is 36.4 Å². The van der Waals surface area contributed by atoms with Crippen molar-refractivity contribution >= 4 is 23.4 Å². The first-order valence-electron chi connectivity index (χ1n) is 7.84. The Kier molecular flexibility index (Phi) is 3.75. The lowest BCUT2D eigenvalue weighted by atomic mass is 9.68. The van der Waals surface area contributed by atoms with Crippen LogP contribution in [0.5, 0.6) is 0 Å². The number of halogens is 1. The van der Waals surface area contributed by atoms with Gasteiger partial charge in [-0.1, -0.05) is 49.7 Å². The number of hydrogen-bond donors (Lipinski definition) is 2. The van der Waals surface area contributed by atoms with Gasteiger partial charge in [-0.25, -0.2) is 0 Å². The molecule has 122 valence electrons. The van der Waals surface area contributed by atoms with E-state index in [1.165, 1.54) is 0 Å². The molecule has 2 fully saturated rings. The Hall–Kier alpha value is -1.81. The van der Waals surface area contributed by atoms with Crippen LogP contribution in [-0.4, -0.2) is 11.8 Å². The van der Waals surface area contributed by atoms with Crippen molar-refractivity contribution in [1.82, 2.24) is 10.9 Å². The fourth-order valence-electron chi connectivity index (χ4n) is 4.09. The van der Waals surface area contributed by atoms with Crippen molar-refractivity contribution in [2.75, 3.05) is 0 Å². The predicted octanol–water partition coefficient (Wildman–Crippen LogP) is 3.48. The number of rotatable bonds is 2. The zero-order chi connectivity index (χ0) is 16.8. The van der Waals surface area contributed by atoms with E-state index in [1.807, 2.05) is 0 Å². The molecule has 2 aliphatic carbocycles. The van der Waals surface area contributed by atoms with Gasteiger partial charge in [-0.05, 0) is 42.7 Å². The van der Waals surface area contributed by atoms with Crippen molar-refractivity contribution < 1.29 is 9.59 Å². The van der Waals surface area contributed by atoms with Gasteiger partial charge in [0.25, 0.3) is 5.91 Å². The third-order valence-corrected chi connectivity index (χ3v) is 6.06. The lowest BCUT2D eigenvalue weighted by molar-refractivity contribution is -0.129. The molecule has 2 aliphatic rings. The van der Waals surface area contributed by atoms with Gasteiger partial charge in [0.15, 0.2) is 0 Å². The van der Waals surface area contributed by atoms with Gasteiger partial charge >= 0.3 is 0 Å². The molecule has 4 nitrogen and oxygen atoms in total. The summed E-state index contributed by atoms with van der Waals surface area (Å²) in [5, 5.41) is 0.352. The van der Waals surface area contributed by atoms with Crippen molar-refractivity contribution in [3.63, 3.8) is 0 Å². The van der Waals surface area contributed by atoms with E-state index in [2.05, 4.69) is 31.3 Å². The first kappa shape index (κ1) is 16.1. The average molecular weight is 333 g/mol. The highest BCUT2D eigenvalue weighted by Gasteiger charge is 2.60. The molecular formula is C18H21ClN2O2. The Morgan fingerprint density at radius 3 is 2.57 bits per heavy atom. The van der Waals surface area contributed by atoms with Gasteiger partial charge in [-0.2, -0.15) is 0 Å². The first-order chi connectivity index (χ1) is 10.8. The Morgan fingerprint density at radius 2 is 1.96 bits per heavy atom. The van der Waals surface area contributed by atoms with Gasteiger partial charge in [0.05, 0.1) is 16.0 Å². The van der Waals surface area contributed by atoms with Crippen LogP contribution in [0.4, 0.5) is 0 Å². The third-order valence-electron chi connectivity index (χ3n) is 5.73. The fraction of sp³-hybridized carbons (Fsp3) is 0.444. The molecule has 0 saturated heterocycles. The van der Waals surface area contributed by atoms with Gasteiger partial charge < -0.3 is 0 Å². The molecule has 2 amide bonds. The summed E-state index contributed by atoms with van der Waals surface area (Å²) in [6.07, 6.45) is 2.64. The van der Waals surface area contributed by atoms with E-state index in [9.17, 15) is 9.59 Å². The van der Waals surface area contributed by atoms with Crippen LogP contribution >= 0.6 is 11.6 Å². The topological polar surface area (TPSA) is 58.2 Å². The van der Waals surface area contributed by atoms with Crippen LogP contribution in [0.3, 0.4) is 0 Å². The monoisotopic (exact) mass is 332 g/mol. The van der Waals surface area contributed by atoms with E-state index in [4.69, 9.17) is 11.6 Å². The molecule has 3 rings (SSSR count). The minimum absolute atomic E-state index is 0.0255. The zero-order valence-corrected chi connectivity index (χ0v) is 14.2. The minimum atomic E-state index is -0.554. The van der Waals surface area contributed by atoms with Gasteiger partial charge in [0.1, 0.15) is 0 Å². The number of hydrogen-bond acceptors (Lipinski definition) is 2. The summed E-state index contributed by atoms with van der Waals surface area (Å²) >= 11 is 6.00. The maximum Gasteiger partial charge on any atom is 0.271 e. The molecule has 23 heavy (non-hydrogen) atoms. The first-order valence-corrected chi connectivity index (χ1v) is 8.22. The van der Waals surface area contributed by atoms with E-state index in [1.54, 1.807) is 24.3 Å². The lowest BCUT2D eigenvalue weighted by Crippen LogP contribution is -2.49. The Morgan fingerprint density at radius 1 is 1.26 bits per heavy atom. The lowest BCUT2D eigenvalue weighted by Gasteiger charge is -2.37. The van der Waals surface area contributed by atoms with Gasteiger partial charge in [0.2, 0.25) is 5.91 Å². The molecule has 0 aromatic heterocycles. The summed E-state index contributed by atoms with van der Waals surface area (Å²) in [4.78, 5) is 24.9. The minimum Gasteiger partial charge on any atom is -0.272 e. The number of nitrogens with one attached hydrogen (secondary N) is 2. The Balaban J connectivity index is 1.70. The van der Waals surface area contributed by atoms with Crippen molar-refractivity contribution in [3.8, 4) is 0 Å². The second-order valence-electron chi connectivity index (χ2n) is 7.11. The molecule has 0 aliphatic heterocycles. The summed E-state index contributed by atoms with van der Waals surface area (Å²) < 4.78 is 0. The van der Waals surface area contributed by atoms with Crippen LogP contribution in [0.1, 0.15) is 43.5 Å². The standard InChI is InChI=1S/C18H21ClN2O2/c1-11-17(2,3)12-8-9-18(11,10-12)16(23)21-20-15(22)13-6-4-5-7-14(13)19/h4-7,12H,1,8-10H2,2-3H3,(H,20,22)(H,21,23). The van der Waals surface area contributed by atoms with Crippen LogP contribution in [0, 0.1) is 16.7 Å². The van der Waals surface area contributed by atoms with Crippen molar-refractivity contribution in [3.05, 3.63) is 47.0 Å². The number of carbonyl (C=O) groups excluding carboxylic acids is 2. The summed E-state index contributed by atoms with van der Waals surface area (Å²) in [6, 6.07) is 6.73. The van der Waals surface area contributed by atoms with E-state index in [0.29, 0.717) is 16.5 Å². The smallest absolute Gasteiger partial charge is 0.271 e. The van der Waals surface area contributed by atoms with Gasteiger partial charge in [-0.3, -0.25) is 20.4 Å². The zero-order valence-electron chi connectivity index (χ0n) is 13.4. The third kappa shape index (κ3) is 2.36. The summed E-state index contributed by atoms with van der Waals surface area (Å²) in [5.74, 6) is -0.103. The van der Waals surface area contributed by atoms with Crippen molar-refractivity contribution in [2.24, 2.45) is 16.7 Å². The highest BCUT2D eigenvalue weighted by atomic mass is 35.5. The normalized spacial score (nSPS) is 27.8. The average Bonchev–Trinajstić information content (AvgIpc) is 3.05. The predicted molar refractivity (Wildman–Crippen MR) is 89.8 cm³/mol. The summed E-state index contributed by atoms with van der Waals surface area (Å²) in [7, 11) is 0. The van der Waals surface area contributed by atoms with Crippen molar-refractivity contribution in [2.45, 2.75) is 33.1 Å². The maximum absolute atomic E-state index is 12.7. The van der Waals surface area contributed by atoms with E-state index in [-0.39, 0.29) is 11.3 Å². The molecule has 2 atom stereocenters. The molecule has 2 unspecified atom stereocenters. The number of fused-ring (bicyclic) bond motifs is 2. The number of hydrazine groups is 1. The second kappa shape index (κ2) is 5.38. The number of amides is 2. The van der Waals surface area contributed by atoms with Crippen molar-refractivity contribution in [1.29, 1.82) is 0 Å². The number of carbonyl (C=O) groups is 2. The van der Waals surface area contributed by atoms with E-state index in [0.717, 1.165) is 24.8 Å². The summed E-state index contributed by atoms with van der Waals surface area (Å²) in [5.41, 5.74) is 5.79. The van der Waals surface area contributed by atoms with E-state index < -0.39 is 11.3 Å². The molecule has 1 aromatic carbocycles. The molecule has 2 saturated carbocycles. The van der Waals surface area contributed by atoms with Crippen LogP contribution in [0.2, 0.25) is 5.02 Å². The molecule has 0 spiro atoms. The molecule has 2 N–H and O–H groups in total. The van der Waals surface area contributed by atoms with Crippen LogP contribution in [-0.2, 0) is 4.79 Å². The Labute approximate surface area is 141 Å². The fourth-order valence-corrected chi connectivity index (χ4v) is 4.31. The summed E-state index contributed by atoms with van der Waals surface area (Å²) in [6.45, 7) is 8.49. The quantitative estimate of drug-likeness (QED) is 0.643. The van der Waals surface area contributed by atoms with Crippen LogP contribution in [0.25, 0.3) is 0 Å². The highest BCUT2D eigenvalue weighted by Crippen LogP contribution is 2.65. The maximum atomic E-state index is 12.7. The molecule has 0 heterocycles. The van der Waals surface area contributed by atoms with Crippen LogP contribution < -0.4 is 10.9 Å². The number of benzene rings is 1. The second-order valence-corrected chi connectivity index (χ2v) is 7.52. The SMILES string of the molecule is C=C1C2(C(=O)NNC(=O)c3ccccc3Cl)CCC(C2)C1(C)C. The van der Waals surface area contributed by atoms with E-state index >= 15 is 0 Å². The largest absolute Gasteiger partial charge is 0.272 e. The van der Waals surface area contributed by atoms with Gasteiger partial charge in [-0.15, -0.1) is 0 Å². The molecular weight excluding hydrogens is 312 g/mol. The molecule has 2 bridgehead atoms. The highest BCUT2D eigenvalue weighted by molar-refractivity contribution is 6.33. The molecule has 5 heteroatoms. The Bertz CT molecular complexity index is 698. The molecule has 1 aromatic rings.